The maximum absolute atomic E-state index is 12.1. The van der Waals surface area contributed by atoms with Crippen LogP contribution >= 0.6 is 0 Å². The van der Waals surface area contributed by atoms with E-state index < -0.39 is 0 Å². The van der Waals surface area contributed by atoms with Gasteiger partial charge in [-0.15, -0.1) is 0 Å². The second-order valence-corrected chi connectivity index (χ2v) is 6.59. The second-order valence-electron chi connectivity index (χ2n) is 6.59. The van der Waals surface area contributed by atoms with Crippen molar-refractivity contribution in [1.29, 1.82) is 0 Å². The highest BCUT2D eigenvalue weighted by Crippen LogP contribution is 2.12. The highest BCUT2D eigenvalue weighted by atomic mass is 16.5. The van der Waals surface area contributed by atoms with Gasteiger partial charge in [0.15, 0.2) is 0 Å². The summed E-state index contributed by atoms with van der Waals surface area (Å²) in [4.78, 5) is 22.3. The molecule has 0 aliphatic carbocycles. The average Bonchev–Trinajstić information content (AvgIpc) is 2.97. The van der Waals surface area contributed by atoms with Gasteiger partial charge in [0.25, 0.3) is 0 Å². The first-order chi connectivity index (χ1) is 11.6. The molecule has 1 aliphatic rings. The first kappa shape index (κ1) is 16.9. The molecule has 1 fully saturated rings. The Hall–Kier alpha value is -1.92. The van der Waals surface area contributed by atoms with Crippen LogP contribution in [0.4, 0.5) is 0 Å². The van der Waals surface area contributed by atoms with E-state index in [-0.39, 0.29) is 12.0 Å². The van der Waals surface area contributed by atoms with Gasteiger partial charge in [-0.1, -0.05) is 12.1 Å². The number of fused-ring (bicyclic) bond motifs is 1. The van der Waals surface area contributed by atoms with Crippen LogP contribution < -0.4 is 5.32 Å². The highest BCUT2D eigenvalue weighted by molar-refractivity contribution is 5.76. The van der Waals surface area contributed by atoms with Crippen LogP contribution in [0.3, 0.4) is 0 Å². The first-order valence-electron chi connectivity index (χ1n) is 8.68. The lowest BCUT2D eigenvalue weighted by molar-refractivity contribution is -0.126. The Bertz CT molecular complexity index is 649. The molecule has 0 bridgehead atoms. The molecule has 1 unspecified atom stereocenters. The molecule has 2 heterocycles. The fourth-order valence-corrected chi connectivity index (χ4v) is 3.06. The molecule has 0 spiro atoms. The van der Waals surface area contributed by atoms with Gasteiger partial charge in [0.2, 0.25) is 5.91 Å². The summed E-state index contributed by atoms with van der Waals surface area (Å²) in [6.45, 7) is 7.41. The van der Waals surface area contributed by atoms with E-state index in [1.807, 2.05) is 24.3 Å². The predicted molar refractivity (Wildman–Crippen MR) is 93.9 cm³/mol. The molecule has 1 aromatic carbocycles. The van der Waals surface area contributed by atoms with Crippen LogP contribution in [0.1, 0.15) is 26.1 Å². The molecular formula is C18H26N4O2. The number of amides is 1. The SMILES string of the molecule is CC(C)N1CCOC(CC(=O)NCCc2nc3ccccc3[nH]2)C1. The number of rotatable bonds is 6. The number of carbonyl (C=O) groups is 1. The number of hydrogen-bond acceptors (Lipinski definition) is 4. The Morgan fingerprint density at radius 1 is 1.46 bits per heavy atom. The fraction of sp³-hybridized carbons (Fsp3) is 0.556. The minimum absolute atomic E-state index is 0.00708. The van der Waals surface area contributed by atoms with Crippen molar-refractivity contribution in [3.63, 3.8) is 0 Å². The Morgan fingerprint density at radius 2 is 2.29 bits per heavy atom. The van der Waals surface area contributed by atoms with Gasteiger partial charge in [-0.25, -0.2) is 4.98 Å². The van der Waals surface area contributed by atoms with Gasteiger partial charge in [-0.2, -0.15) is 0 Å². The number of H-pyrrole nitrogens is 1. The molecule has 2 N–H and O–H groups in total. The molecule has 2 aromatic rings. The summed E-state index contributed by atoms with van der Waals surface area (Å²) in [5, 5.41) is 2.97. The van der Waals surface area contributed by atoms with Crippen LogP contribution in [0.2, 0.25) is 0 Å². The van der Waals surface area contributed by atoms with Crippen molar-refractivity contribution < 1.29 is 9.53 Å². The zero-order valence-corrected chi connectivity index (χ0v) is 14.4. The normalized spacial score (nSPS) is 19.0. The largest absolute Gasteiger partial charge is 0.375 e. The van der Waals surface area contributed by atoms with Crippen LogP contribution in [-0.2, 0) is 16.0 Å². The van der Waals surface area contributed by atoms with Crippen molar-refractivity contribution in [2.75, 3.05) is 26.2 Å². The third-order valence-electron chi connectivity index (χ3n) is 4.44. The minimum Gasteiger partial charge on any atom is -0.375 e. The molecule has 0 saturated carbocycles. The number of benzene rings is 1. The minimum atomic E-state index is -0.00708. The number of hydrogen-bond donors (Lipinski definition) is 2. The number of aromatic amines is 1. The molecular weight excluding hydrogens is 304 g/mol. The van der Waals surface area contributed by atoms with Crippen molar-refractivity contribution in [1.82, 2.24) is 20.2 Å². The summed E-state index contributed by atoms with van der Waals surface area (Å²) in [5.74, 6) is 0.943. The van der Waals surface area contributed by atoms with Gasteiger partial charge in [0, 0.05) is 32.1 Å². The zero-order valence-electron chi connectivity index (χ0n) is 14.4. The maximum Gasteiger partial charge on any atom is 0.222 e. The van der Waals surface area contributed by atoms with E-state index in [1.165, 1.54) is 0 Å². The molecule has 0 radical (unpaired) electrons. The van der Waals surface area contributed by atoms with Crippen LogP contribution in [0, 0.1) is 0 Å². The van der Waals surface area contributed by atoms with Gasteiger partial charge in [-0.05, 0) is 26.0 Å². The number of nitrogens with one attached hydrogen (secondary N) is 2. The molecule has 24 heavy (non-hydrogen) atoms. The maximum atomic E-state index is 12.1. The van der Waals surface area contributed by atoms with Gasteiger partial charge >= 0.3 is 0 Å². The third-order valence-corrected chi connectivity index (χ3v) is 4.44. The number of aromatic nitrogens is 2. The van der Waals surface area contributed by atoms with Gasteiger partial charge < -0.3 is 15.0 Å². The van der Waals surface area contributed by atoms with Crippen molar-refractivity contribution in [2.24, 2.45) is 0 Å². The summed E-state index contributed by atoms with van der Waals surface area (Å²) in [7, 11) is 0. The van der Waals surface area contributed by atoms with Crippen LogP contribution in [0.15, 0.2) is 24.3 Å². The number of imidazole rings is 1. The molecule has 130 valence electrons. The number of ether oxygens (including phenoxy) is 1. The molecule has 6 nitrogen and oxygen atoms in total. The van der Waals surface area contributed by atoms with Crippen molar-refractivity contribution >= 4 is 16.9 Å². The number of nitrogens with zero attached hydrogens (tertiary/aromatic N) is 2. The molecule has 6 heteroatoms. The summed E-state index contributed by atoms with van der Waals surface area (Å²) < 4.78 is 5.71. The lowest BCUT2D eigenvalue weighted by atomic mass is 10.1. The average molecular weight is 330 g/mol. The first-order valence-corrected chi connectivity index (χ1v) is 8.68. The Kier molecular flexibility index (Phi) is 5.48. The van der Waals surface area contributed by atoms with Crippen LogP contribution in [-0.4, -0.2) is 59.2 Å². The topological polar surface area (TPSA) is 70.2 Å². The number of morpholine rings is 1. The van der Waals surface area contributed by atoms with Crippen LogP contribution in [0.5, 0.6) is 0 Å². The van der Waals surface area contributed by atoms with Gasteiger partial charge in [-0.3, -0.25) is 9.69 Å². The molecule has 1 aliphatic heterocycles. The molecule has 1 aromatic heterocycles. The lowest BCUT2D eigenvalue weighted by Crippen LogP contribution is -2.47. The number of carbonyl (C=O) groups excluding carboxylic acids is 1. The Labute approximate surface area is 142 Å². The van der Waals surface area contributed by atoms with E-state index in [0.717, 1.165) is 29.9 Å². The zero-order chi connectivity index (χ0) is 16.9. The third kappa shape index (κ3) is 4.33. The molecule has 1 saturated heterocycles. The fourth-order valence-electron chi connectivity index (χ4n) is 3.06. The monoisotopic (exact) mass is 330 g/mol. The quantitative estimate of drug-likeness (QED) is 0.846. The van der Waals surface area contributed by atoms with Crippen molar-refractivity contribution in [3.05, 3.63) is 30.1 Å². The number of para-hydroxylation sites is 2. The Morgan fingerprint density at radius 3 is 3.08 bits per heavy atom. The molecule has 1 atom stereocenters. The smallest absolute Gasteiger partial charge is 0.222 e. The molecule has 3 rings (SSSR count). The van der Waals surface area contributed by atoms with Gasteiger partial charge in [0.05, 0.1) is 30.2 Å². The van der Waals surface area contributed by atoms with E-state index in [9.17, 15) is 4.79 Å². The predicted octanol–water partition coefficient (Wildman–Crippen LogP) is 1.72. The highest BCUT2D eigenvalue weighted by Gasteiger charge is 2.24. The standard InChI is InChI=1S/C18H26N4O2/c1-13(2)22-9-10-24-14(12-22)11-18(23)19-8-7-17-20-15-5-3-4-6-16(15)21-17/h3-6,13-14H,7-12H2,1-2H3,(H,19,23)(H,20,21). The van der Waals surface area contributed by atoms with Crippen LogP contribution in [0.25, 0.3) is 11.0 Å². The van der Waals surface area contributed by atoms with Crippen molar-refractivity contribution in [2.45, 2.75) is 38.8 Å². The van der Waals surface area contributed by atoms with E-state index in [2.05, 4.69) is 34.0 Å². The molecule has 1 amide bonds. The Balaban J connectivity index is 1.42. The summed E-state index contributed by atoms with van der Waals surface area (Å²) in [5.41, 5.74) is 1.99. The van der Waals surface area contributed by atoms with E-state index in [1.54, 1.807) is 0 Å². The van der Waals surface area contributed by atoms with Crippen molar-refractivity contribution in [3.8, 4) is 0 Å². The summed E-state index contributed by atoms with van der Waals surface area (Å²) >= 11 is 0. The summed E-state index contributed by atoms with van der Waals surface area (Å²) in [6.07, 6.45) is 1.11. The van der Waals surface area contributed by atoms with E-state index in [0.29, 0.717) is 32.0 Å². The second kappa shape index (κ2) is 7.77. The summed E-state index contributed by atoms with van der Waals surface area (Å²) in [6, 6.07) is 8.43. The van der Waals surface area contributed by atoms with Gasteiger partial charge in [0.1, 0.15) is 5.82 Å². The van der Waals surface area contributed by atoms with E-state index in [4.69, 9.17) is 4.74 Å². The lowest BCUT2D eigenvalue weighted by Gasteiger charge is -2.35. The van der Waals surface area contributed by atoms with E-state index >= 15 is 0 Å².